The molecule has 18 heavy (non-hydrogen) atoms. The number of thiophene rings is 1. The third kappa shape index (κ3) is 2.48. The summed E-state index contributed by atoms with van der Waals surface area (Å²) in [5.74, 6) is 0.477. The van der Waals surface area contributed by atoms with Gasteiger partial charge in [0, 0.05) is 31.6 Å². The van der Waals surface area contributed by atoms with Crippen LogP contribution in [-0.4, -0.2) is 24.0 Å². The van der Waals surface area contributed by atoms with Crippen LogP contribution in [0.2, 0.25) is 0 Å². The highest BCUT2D eigenvalue weighted by atomic mass is 32.1. The molecular formula is C15H18N2S. The number of rotatable bonds is 3. The van der Waals surface area contributed by atoms with Crippen molar-refractivity contribution in [1.29, 1.82) is 0 Å². The summed E-state index contributed by atoms with van der Waals surface area (Å²) in [5.41, 5.74) is 9.07. The number of likely N-dealkylation sites (tertiary alicyclic amines) is 1. The Morgan fingerprint density at radius 3 is 2.72 bits per heavy atom. The fraction of sp³-hybridized carbons (Fsp3) is 0.333. The number of hydrogen-bond acceptors (Lipinski definition) is 3. The zero-order valence-corrected chi connectivity index (χ0v) is 11.1. The van der Waals surface area contributed by atoms with Gasteiger partial charge in [0.05, 0.1) is 0 Å². The summed E-state index contributed by atoms with van der Waals surface area (Å²) in [6.07, 6.45) is 0. The summed E-state index contributed by atoms with van der Waals surface area (Å²) in [4.78, 5) is 2.46. The predicted molar refractivity (Wildman–Crippen MR) is 76.8 cm³/mol. The van der Waals surface area contributed by atoms with Crippen molar-refractivity contribution in [2.24, 2.45) is 5.73 Å². The van der Waals surface area contributed by atoms with Crippen molar-refractivity contribution in [3.8, 4) is 0 Å². The zero-order valence-electron chi connectivity index (χ0n) is 10.3. The van der Waals surface area contributed by atoms with Crippen molar-refractivity contribution in [3.63, 3.8) is 0 Å². The van der Waals surface area contributed by atoms with Crippen LogP contribution in [0.4, 0.5) is 0 Å². The topological polar surface area (TPSA) is 29.3 Å². The molecule has 1 aliphatic heterocycles. The van der Waals surface area contributed by atoms with Crippen LogP contribution in [0, 0.1) is 0 Å². The molecule has 2 heterocycles. The highest BCUT2D eigenvalue weighted by Gasteiger charge is 2.30. The van der Waals surface area contributed by atoms with E-state index in [0.29, 0.717) is 5.92 Å². The smallest absolute Gasteiger partial charge is 0.0250 e. The average Bonchev–Trinajstić information content (AvgIpc) is 3.01. The zero-order chi connectivity index (χ0) is 12.4. The Hall–Kier alpha value is -1.16. The van der Waals surface area contributed by atoms with Crippen LogP contribution in [0.15, 0.2) is 47.2 Å². The van der Waals surface area contributed by atoms with E-state index in [0.717, 1.165) is 19.6 Å². The number of nitrogens with zero attached hydrogens (tertiary/aromatic N) is 1. The minimum Gasteiger partial charge on any atom is -0.326 e. The first-order valence-electron chi connectivity index (χ1n) is 6.37. The van der Waals surface area contributed by atoms with E-state index in [9.17, 15) is 0 Å². The molecule has 2 nitrogen and oxygen atoms in total. The fourth-order valence-corrected chi connectivity index (χ4v) is 3.40. The average molecular weight is 258 g/mol. The molecule has 94 valence electrons. The van der Waals surface area contributed by atoms with Gasteiger partial charge >= 0.3 is 0 Å². The normalized spacial score (nSPS) is 24.5. The van der Waals surface area contributed by atoms with E-state index in [1.54, 1.807) is 11.3 Å². The van der Waals surface area contributed by atoms with Gasteiger partial charge in [-0.25, -0.2) is 0 Å². The molecule has 0 saturated carbocycles. The third-order valence-electron chi connectivity index (χ3n) is 3.65. The van der Waals surface area contributed by atoms with E-state index < -0.39 is 0 Å². The molecule has 0 spiro atoms. The largest absolute Gasteiger partial charge is 0.326 e. The van der Waals surface area contributed by atoms with Gasteiger partial charge in [-0.1, -0.05) is 30.3 Å². The van der Waals surface area contributed by atoms with Crippen LogP contribution >= 0.6 is 11.3 Å². The van der Waals surface area contributed by atoms with Gasteiger partial charge in [0.15, 0.2) is 0 Å². The number of hydrogen-bond donors (Lipinski definition) is 1. The van der Waals surface area contributed by atoms with Crippen molar-refractivity contribution in [2.45, 2.75) is 18.5 Å². The van der Waals surface area contributed by atoms with Gasteiger partial charge in [0.2, 0.25) is 0 Å². The van der Waals surface area contributed by atoms with Crippen LogP contribution in [0.1, 0.15) is 17.0 Å². The van der Waals surface area contributed by atoms with E-state index >= 15 is 0 Å². The Bertz CT molecular complexity index is 480. The van der Waals surface area contributed by atoms with E-state index in [2.05, 4.69) is 52.1 Å². The van der Waals surface area contributed by atoms with Crippen molar-refractivity contribution in [2.75, 3.05) is 13.1 Å². The lowest BCUT2D eigenvalue weighted by Crippen LogP contribution is -2.28. The van der Waals surface area contributed by atoms with Crippen molar-refractivity contribution < 1.29 is 0 Å². The lowest BCUT2D eigenvalue weighted by molar-refractivity contribution is 0.324. The highest BCUT2D eigenvalue weighted by molar-refractivity contribution is 7.07. The minimum atomic E-state index is 0.256. The van der Waals surface area contributed by atoms with Crippen molar-refractivity contribution >= 4 is 11.3 Å². The maximum atomic E-state index is 6.29. The standard InChI is InChI=1S/C15H18N2S/c16-15-10-17(8-12-6-7-18-11-12)9-14(15)13-4-2-1-3-5-13/h1-7,11,14-15H,8-10,16H2. The second kappa shape index (κ2) is 5.22. The third-order valence-corrected chi connectivity index (χ3v) is 4.39. The fourth-order valence-electron chi connectivity index (χ4n) is 2.74. The van der Waals surface area contributed by atoms with Gasteiger partial charge < -0.3 is 5.73 Å². The van der Waals surface area contributed by atoms with Crippen LogP contribution < -0.4 is 5.73 Å². The Labute approximate surface area is 112 Å². The van der Waals surface area contributed by atoms with E-state index in [-0.39, 0.29) is 6.04 Å². The lowest BCUT2D eigenvalue weighted by atomic mass is 9.95. The molecule has 1 fully saturated rings. The summed E-state index contributed by atoms with van der Waals surface area (Å²) in [6, 6.07) is 13.1. The van der Waals surface area contributed by atoms with E-state index in [4.69, 9.17) is 5.73 Å². The van der Waals surface area contributed by atoms with Gasteiger partial charge in [-0.15, -0.1) is 0 Å². The Kier molecular flexibility index (Phi) is 3.46. The van der Waals surface area contributed by atoms with Crippen LogP contribution in [-0.2, 0) is 6.54 Å². The molecule has 1 aliphatic rings. The summed E-state index contributed by atoms with van der Waals surface area (Å²) in [5, 5.41) is 4.36. The molecule has 0 bridgehead atoms. The number of nitrogens with two attached hydrogens (primary N) is 1. The summed E-state index contributed by atoms with van der Waals surface area (Å²) in [6.45, 7) is 3.09. The van der Waals surface area contributed by atoms with Gasteiger partial charge in [-0.05, 0) is 28.0 Å². The Morgan fingerprint density at radius 1 is 1.17 bits per heavy atom. The molecule has 0 radical (unpaired) electrons. The maximum absolute atomic E-state index is 6.29. The van der Waals surface area contributed by atoms with Crippen molar-refractivity contribution in [3.05, 3.63) is 58.3 Å². The molecule has 3 rings (SSSR count). The molecule has 2 unspecified atom stereocenters. The SMILES string of the molecule is NC1CN(Cc2ccsc2)CC1c1ccccc1. The minimum absolute atomic E-state index is 0.256. The quantitative estimate of drug-likeness (QED) is 0.917. The van der Waals surface area contributed by atoms with Gasteiger partial charge in [-0.2, -0.15) is 11.3 Å². The predicted octanol–water partition coefficient (Wildman–Crippen LogP) is 2.67. The molecule has 2 atom stereocenters. The van der Waals surface area contributed by atoms with Crippen LogP contribution in [0.3, 0.4) is 0 Å². The second-order valence-electron chi connectivity index (χ2n) is 5.01. The molecule has 1 aromatic carbocycles. The van der Waals surface area contributed by atoms with E-state index in [1.807, 2.05) is 0 Å². The summed E-state index contributed by atoms with van der Waals surface area (Å²) >= 11 is 1.76. The molecule has 0 aliphatic carbocycles. The number of benzene rings is 1. The van der Waals surface area contributed by atoms with Gasteiger partial charge in [-0.3, -0.25) is 4.90 Å². The van der Waals surface area contributed by atoms with E-state index in [1.165, 1.54) is 11.1 Å². The molecule has 2 N–H and O–H groups in total. The second-order valence-corrected chi connectivity index (χ2v) is 5.79. The molecule has 1 aromatic heterocycles. The molecule has 0 amide bonds. The molecule has 1 saturated heterocycles. The van der Waals surface area contributed by atoms with Crippen molar-refractivity contribution in [1.82, 2.24) is 4.90 Å². The Morgan fingerprint density at radius 2 is 2.00 bits per heavy atom. The molecule has 2 aromatic rings. The maximum Gasteiger partial charge on any atom is 0.0250 e. The monoisotopic (exact) mass is 258 g/mol. The first-order chi connectivity index (χ1) is 8.83. The van der Waals surface area contributed by atoms with Gasteiger partial charge in [0.1, 0.15) is 0 Å². The van der Waals surface area contributed by atoms with Crippen LogP contribution in [0.5, 0.6) is 0 Å². The molecule has 3 heteroatoms. The summed E-state index contributed by atoms with van der Waals surface area (Å²) in [7, 11) is 0. The molecular weight excluding hydrogens is 240 g/mol. The highest BCUT2D eigenvalue weighted by Crippen LogP contribution is 2.27. The first-order valence-corrected chi connectivity index (χ1v) is 7.31. The summed E-state index contributed by atoms with van der Waals surface area (Å²) < 4.78 is 0. The lowest BCUT2D eigenvalue weighted by Gasteiger charge is -2.15. The first kappa shape index (κ1) is 11.9. The van der Waals surface area contributed by atoms with Crippen LogP contribution in [0.25, 0.3) is 0 Å². The Balaban J connectivity index is 1.69. The van der Waals surface area contributed by atoms with Gasteiger partial charge in [0.25, 0.3) is 0 Å².